The van der Waals surface area contributed by atoms with E-state index in [0.29, 0.717) is 11.8 Å². The summed E-state index contributed by atoms with van der Waals surface area (Å²) in [4.78, 5) is 23.2. The van der Waals surface area contributed by atoms with Crippen LogP contribution in [0, 0.1) is 17.5 Å². The molecule has 34 heavy (non-hydrogen) atoms. The lowest BCUT2D eigenvalue weighted by atomic mass is 9.84. The number of nitrogens with one attached hydrogen (secondary N) is 1. The second-order valence-corrected chi connectivity index (χ2v) is 8.27. The van der Waals surface area contributed by atoms with E-state index in [2.05, 4.69) is 5.32 Å². The number of carbonyl (C=O) groups is 2. The van der Waals surface area contributed by atoms with Crippen LogP contribution >= 0.6 is 11.8 Å². The maximum atomic E-state index is 15.0. The van der Waals surface area contributed by atoms with Crippen molar-refractivity contribution in [3.8, 4) is 11.5 Å². The van der Waals surface area contributed by atoms with Gasteiger partial charge in [-0.05, 0) is 30.4 Å². The van der Waals surface area contributed by atoms with Gasteiger partial charge >= 0.3 is 5.97 Å². The zero-order valence-corrected chi connectivity index (χ0v) is 18.1. The Morgan fingerprint density at radius 2 is 1.85 bits per heavy atom. The number of phenols is 1. The summed E-state index contributed by atoms with van der Waals surface area (Å²) in [6.07, 6.45) is 2.42. The fourth-order valence-corrected chi connectivity index (χ4v) is 4.49. The average molecular weight is 493 g/mol. The van der Waals surface area contributed by atoms with E-state index in [1.165, 1.54) is 13.1 Å². The molecule has 6 nitrogen and oxygen atoms in total. The molecule has 0 aromatic heterocycles. The van der Waals surface area contributed by atoms with Gasteiger partial charge in [0.2, 0.25) is 5.91 Å². The minimum Gasteiger partial charge on any atom is -0.505 e. The number of halogens is 4. The number of aromatic hydroxyl groups is 1. The number of phenolic OH excluding ortho intramolecular Hbond substituents is 1. The van der Waals surface area contributed by atoms with Gasteiger partial charge in [0, 0.05) is 40.3 Å². The van der Waals surface area contributed by atoms with Gasteiger partial charge in [0.1, 0.15) is 23.2 Å². The summed E-state index contributed by atoms with van der Waals surface area (Å²) < 4.78 is 63.9. The molecular formula is C23H15F4NO5S. The molecule has 1 amide bonds. The highest BCUT2D eigenvalue weighted by molar-refractivity contribution is 8.00. The molecule has 0 spiro atoms. The molecule has 11 heteroatoms. The third kappa shape index (κ3) is 4.03. The smallest absolute Gasteiger partial charge is 0.339 e. The number of hydrogen-bond acceptors (Lipinski definition) is 5. The van der Waals surface area contributed by atoms with Gasteiger partial charge in [0.05, 0.1) is 5.75 Å². The highest BCUT2D eigenvalue weighted by Crippen LogP contribution is 2.46. The predicted molar refractivity (Wildman–Crippen MR) is 115 cm³/mol. The van der Waals surface area contributed by atoms with Gasteiger partial charge in [0.25, 0.3) is 0 Å². The third-order valence-electron chi connectivity index (χ3n) is 5.19. The summed E-state index contributed by atoms with van der Waals surface area (Å²) in [7, 11) is 1.35. The van der Waals surface area contributed by atoms with Crippen molar-refractivity contribution in [2.24, 2.45) is 0 Å². The van der Waals surface area contributed by atoms with Crippen LogP contribution in [0.4, 0.5) is 17.6 Å². The zero-order chi connectivity index (χ0) is 24.7. The summed E-state index contributed by atoms with van der Waals surface area (Å²) in [5.74, 6) is -8.45. The van der Waals surface area contributed by atoms with Crippen molar-refractivity contribution >= 4 is 29.2 Å². The number of ether oxygens (including phenoxy) is 1. The van der Waals surface area contributed by atoms with Crippen LogP contribution < -0.4 is 10.1 Å². The molecule has 1 heterocycles. The first-order chi connectivity index (χ1) is 16.1. The van der Waals surface area contributed by atoms with Crippen molar-refractivity contribution in [1.82, 2.24) is 5.32 Å². The van der Waals surface area contributed by atoms with Crippen molar-refractivity contribution < 1.29 is 42.1 Å². The Labute approximate surface area is 194 Å². The Morgan fingerprint density at radius 1 is 1.12 bits per heavy atom. The van der Waals surface area contributed by atoms with Crippen LogP contribution in [0.25, 0.3) is 5.57 Å². The molecule has 0 bridgehead atoms. The molecular weight excluding hydrogens is 478 g/mol. The summed E-state index contributed by atoms with van der Waals surface area (Å²) in [6, 6.07) is 2.79. The lowest BCUT2D eigenvalue weighted by Gasteiger charge is -2.31. The molecule has 0 saturated heterocycles. The molecule has 1 unspecified atom stereocenters. The van der Waals surface area contributed by atoms with Gasteiger partial charge in [-0.2, -0.15) is 0 Å². The van der Waals surface area contributed by atoms with E-state index < -0.39 is 52.6 Å². The normalized spacial score (nSPS) is 16.4. The van der Waals surface area contributed by atoms with Crippen molar-refractivity contribution in [3.63, 3.8) is 0 Å². The lowest BCUT2D eigenvalue weighted by Crippen LogP contribution is -2.25. The van der Waals surface area contributed by atoms with Crippen LogP contribution in [0.5, 0.6) is 11.5 Å². The summed E-state index contributed by atoms with van der Waals surface area (Å²) in [5.41, 5.74) is -1.62. The van der Waals surface area contributed by atoms with Crippen molar-refractivity contribution in [1.29, 1.82) is 0 Å². The number of fused-ring (bicyclic) bond motifs is 2. The van der Waals surface area contributed by atoms with Crippen molar-refractivity contribution in [2.45, 2.75) is 11.0 Å². The minimum absolute atomic E-state index is 0.0355. The van der Waals surface area contributed by atoms with Crippen molar-refractivity contribution in [3.05, 3.63) is 82.0 Å². The Kier molecular flexibility index (Phi) is 6.13. The number of allylic oxidation sites excluding steroid dienone is 2. The standard InChI is InChI=1S/C23H15F4NO5S/c1-28-18(30)8-34-17-6-12(20(23(31)32)22(27)21(17)26)19-10-4-9(24)2-3-15(10)33-16-7-14(29)13(25)5-11(16)19/h2-7,15,29H,8H2,1H3,(H,28,30)(H,31,32). The van der Waals surface area contributed by atoms with Gasteiger partial charge in [-0.3, -0.25) is 4.79 Å². The molecule has 3 N–H and O–H groups in total. The van der Waals surface area contributed by atoms with Crippen LogP contribution in [0.15, 0.2) is 52.7 Å². The topological polar surface area (TPSA) is 95.9 Å². The fraction of sp³-hybridized carbons (Fsp3) is 0.130. The first-order valence-electron chi connectivity index (χ1n) is 9.70. The molecule has 2 aromatic carbocycles. The van der Waals surface area contributed by atoms with Gasteiger partial charge < -0.3 is 20.3 Å². The Bertz CT molecular complexity index is 1340. The Morgan fingerprint density at radius 3 is 2.53 bits per heavy atom. The number of rotatable bonds is 5. The summed E-state index contributed by atoms with van der Waals surface area (Å²) >= 11 is 0.618. The van der Waals surface area contributed by atoms with Crippen LogP contribution in [-0.2, 0) is 4.79 Å². The SMILES string of the molecule is CNC(=O)CSc1cc(C2=C3C=C(F)C=CC3Oc3cc(O)c(F)cc32)c(C(=O)O)c(F)c1F. The largest absolute Gasteiger partial charge is 0.505 e. The number of hydrogen-bond donors (Lipinski definition) is 3. The molecule has 1 aliphatic heterocycles. The molecule has 0 fully saturated rings. The van der Waals surface area contributed by atoms with Crippen LogP contribution in [0.2, 0.25) is 0 Å². The summed E-state index contributed by atoms with van der Waals surface area (Å²) in [6.45, 7) is 0. The van der Waals surface area contributed by atoms with Crippen LogP contribution in [-0.4, -0.2) is 41.0 Å². The van der Waals surface area contributed by atoms with E-state index >= 15 is 4.39 Å². The summed E-state index contributed by atoms with van der Waals surface area (Å²) in [5, 5.41) is 21.8. The second kappa shape index (κ2) is 8.90. The molecule has 2 aliphatic rings. The van der Waals surface area contributed by atoms with Gasteiger partial charge in [-0.15, -0.1) is 11.8 Å². The number of carbonyl (C=O) groups excluding carboxylic acids is 1. The molecule has 0 saturated carbocycles. The Balaban J connectivity index is 2.05. The van der Waals surface area contributed by atoms with Gasteiger partial charge in [-0.25, -0.2) is 22.4 Å². The number of aromatic carboxylic acids is 1. The van der Waals surface area contributed by atoms with E-state index in [0.717, 1.165) is 30.4 Å². The highest BCUT2D eigenvalue weighted by atomic mass is 32.2. The number of amides is 1. The van der Waals surface area contributed by atoms with E-state index in [4.69, 9.17) is 4.74 Å². The molecule has 0 radical (unpaired) electrons. The molecule has 176 valence electrons. The molecule has 1 aliphatic carbocycles. The molecule has 2 aromatic rings. The first kappa shape index (κ1) is 23.4. The molecule has 1 atom stereocenters. The van der Waals surface area contributed by atoms with E-state index in [9.17, 15) is 33.0 Å². The van der Waals surface area contributed by atoms with Crippen LogP contribution in [0.1, 0.15) is 21.5 Å². The quantitative estimate of drug-likeness (QED) is 0.424. The number of carboxylic acids is 1. The average Bonchev–Trinajstić information content (AvgIpc) is 2.79. The second-order valence-electron chi connectivity index (χ2n) is 7.25. The zero-order valence-electron chi connectivity index (χ0n) is 17.3. The van der Waals surface area contributed by atoms with E-state index in [1.807, 2.05) is 0 Å². The number of carboxylic acid groups (broad SMARTS) is 1. The van der Waals surface area contributed by atoms with Crippen LogP contribution in [0.3, 0.4) is 0 Å². The van der Waals surface area contributed by atoms with Gasteiger partial charge in [-0.1, -0.05) is 0 Å². The Hall–Kier alpha value is -3.73. The maximum Gasteiger partial charge on any atom is 0.339 e. The van der Waals surface area contributed by atoms with E-state index in [1.54, 1.807) is 0 Å². The monoisotopic (exact) mass is 493 g/mol. The predicted octanol–water partition coefficient (Wildman–Crippen LogP) is 4.33. The van der Waals surface area contributed by atoms with Gasteiger partial charge in [0.15, 0.2) is 23.2 Å². The first-order valence-corrected chi connectivity index (χ1v) is 10.7. The maximum absolute atomic E-state index is 15.0. The van der Waals surface area contributed by atoms with Crippen molar-refractivity contribution in [2.75, 3.05) is 12.8 Å². The number of thioether (sulfide) groups is 1. The highest BCUT2D eigenvalue weighted by Gasteiger charge is 2.34. The molecule has 4 rings (SSSR count). The lowest BCUT2D eigenvalue weighted by molar-refractivity contribution is -0.118. The third-order valence-corrected chi connectivity index (χ3v) is 6.20. The number of benzene rings is 2. The fourth-order valence-electron chi connectivity index (χ4n) is 3.64. The van der Waals surface area contributed by atoms with E-state index in [-0.39, 0.29) is 38.7 Å². The minimum atomic E-state index is -1.82.